The second-order valence-corrected chi connectivity index (χ2v) is 8.42. The molecule has 7 heteroatoms. The van der Waals surface area contributed by atoms with Gasteiger partial charge in [-0.2, -0.15) is 0 Å². The summed E-state index contributed by atoms with van der Waals surface area (Å²) in [6.45, 7) is 5.23. The van der Waals surface area contributed by atoms with E-state index in [4.69, 9.17) is 4.74 Å². The Kier molecular flexibility index (Phi) is 5.86. The van der Waals surface area contributed by atoms with Crippen LogP contribution in [-0.4, -0.2) is 31.7 Å². The molecule has 0 saturated heterocycles. The molecule has 0 bridgehead atoms. The zero-order valence-corrected chi connectivity index (χ0v) is 19.0. The molecule has 2 heterocycles. The fraction of sp³-hybridized carbons (Fsp3) is 0.348. The average molecular weight is 472 g/mol. The van der Waals surface area contributed by atoms with E-state index in [1.807, 2.05) is 36.7 Å². The Labute approximate surface area is 183 Å². The minimum atomic E-state index is -0.886. The summed E-state index contributed by atoms with van der Waals surface area (Å²) < 4.78 is 11.7. The van der Waals surface area contributed by atoms with Gasteiger partial charge < -0.3 is 14.4 Å². The van der Waals surface area contributed by atoms with Gasteiger partial charge in [0, 0.05) is 48.2 Å². The zero-order valence-electron chi connectivity index (χ0n) is 17.4. The van der Waals surface area contributed by atoms with E-state index in [1.54, 1.807) is 4.57 Å². The van der Waals surface area contributed by atoms with Gasteiger partial charge in [0.05, 0.1) is 17.6 Å². The van der Waals surface area contributed by atoms with Crippen molar-refractivity contribution < 1.29 is 9.84 Å². The highest BCUT2D eigenvalue weighted by Crippen LogP contribution is 2.28. The van der Waals surface area contributed by atoms with Crippen molar-refractivity contribution in [2.45, 2.75) is 39.6 Å². The van der Waals surface area contributed by atoms with Crippen LogP contribution >= 0.6 is 15.9 Å². The van der Waals surface area contributed by atoms with E-state index in [0.29, 0.717) is 26.1 Å². The van der Waals surface area contributed by atoms with Gasteiger partial charge in [0.25, 0.3) is 0 Å². The number of aryl methyl sites for hydroxylation is 3. The molecule has 158 valence electrons. The first kappa shape index (κ1) is 20.9. The number of para-hydroxylation sites is 1. The molecule has 0 fully saturated rings. The van der Waals surface area contributed by atoms with Crippen molar-refractivity contribution in [3.05, 3.63) is 68.7 Å². The van der Waals surface area contributed by atoms with Crippen molar-refractivity contribution in [2.24, 2.45) is 7.05 Å². The maximum Gasteiger partial charge on any atom is 0.329 e. The molecule has 0 spiro atoms. The van der Waals surface area contributed by atoms with Crippen molar-refractivity contribution in [1.29, 1.82) is 0 Å². The van der Waals surface area contributed by atoms with E-state index in [-0.39, 0.29) is 5.69 Å². The molecule has 2 aromatic carbocycles. The highest BCUT2D eigenvalue weighted by molar-refractivity contribution is 9.10. The molecule has 2 aromatic heterocycles. The summed E-state index contributed by atoms with van der Waals surface area (Å²) in [5.41, 5.74) is 5.07. The van der Waals surface area contributed by atoms with Crippen molar-refractivity contribution in [3.8, 4) is 0 Å². The highest BCUT2D eigenvalue weighted by Gasteiger charge is 2.18. The SMILES string of the molecule is CCOC(O)CCn1c(=O)n(Cc2cn(C)c3cccc(C)c23)c2cccc(Br)c21. The lowest BCUT2D eigenvalue weighted by atomic mass is 10.1. The minimum Gasteiger partial charge on any atom is -0.368 e. The average Bonchev–Trinajstić information content (AvgIpc) is 3.17. The Bertz CT molecular complexity index is 1270. The van der Waals surface area contributed by atoms with Crippen LogP contribution in [0.4, 0.5) is 0 Å². The summed E-state index contributed by atoms with van der Waals surface area (Å²) in [5.74, 6) is 0. The predicted molar refractivity (Wildman–Crippen MR) is 123 cm³/mol. The Morgan fingerprint density at radius 1 is 1.13 bits per heavy atom. The zero-order chi connectivity index (χ0) is 21.4. The van der Waals surface area contributed by atoms with Crippen LogP contribution in [0.2, 0.25) is 0 Å². The van der Waals surface area contributed by atoms with Crippen molar-refractivity contribution >= 4 is 37.9 Å². The molecule has 6 nitrogen and oxygen atoms in total. The van der Waals surface area contributed by atoms with E-state index in [0.717, 1.165) is 26.6 Å². The fourth-order valence-corrected chi connectivity index (χ4v) is 4.80. The molecule has 0 saturated carbocycles. The van der Waals surface area contributed by atoms with Gasteiger partial charge in [0.2, 0.25) is 0 Å². The number of fused-ring (bicyclic) bond motifs is 2. The number of aliphatic hydroxyl groups excluding tert-OH is 1. The molecule has 0 aliphatic heterocycles. The predicted octanol–water partition coefficient (Wildman–Crippen LogP) is 4.16. The van der Waals surface area contributed by atoms with E-state index in [2.05, 4.69) is 51.8 Å². The second kappa shape index (κ2) is 8.41. The number of nitrogens with zero attached hydrogens (tertiary/aromatic N) is 3. The molecule has 4 rings (SSSR count). The maximum absolute atomic E-state index is 13.4. The third-order valence-electron chi connectivity index (χ3n) is 5.58. The first-order chi connectivity index (χ1) is 14.4. The molecule has 0 aliphatic carbocycles. The molecule has 0 radical (unpaired) electrons. The van der Waals surface area contributed by atoms with Crippen molar-refractivity contribution in [2.75, 3.05) is 6.61 Å². The third-order valence-corrected chi connectivity index (χ3v) is 6.22. The van der Waals surface area contributed by atoms with Gasteiger partial charge in [0.1, 0.15) is 0 Å². The lowest BCUT2D eigenvalue weighted by molar-refractivity contribution is -0.100. The number of benzene rings is 2. The number of halogens is 1. The maximum atomic E-state index is 13.4. The molecular weight excluding hydrogens is 446 g/mol. The number of hydrogen-bond acceptors (Lipinski definition) is 3. The van der Waals surface area contributed by atoms with E-state index >= 15 is 0 Å². The quantitative estimate of drug-likeness (QED) is 0.411. The normalized spacial score (nSPS) is 12.8. The molecule has 0 amide bonds. The van der Waals surface area contributed by atoms with Crippen LogP contribution in [-0.2, 0) is 24.9 Å². The Morgan fingerprint density at radius 3 is 2.63 bits per heavy atom. The second-order valence-electron chi connectivity index (χ2n) is 7.56. The van der Waals surface area contributed by atoms with Crippen LogP contribution in [0, 0.1) is 6.92 Å². The first-order valence-electron chi connectivity index (χ1n) is 10.1. The summed E-state index contributed by atoms with van der Waals surface area (Å²) in [6, 6.07) is 12.1. The van der Waals surface area contributed by atoms with Gasteiger partial charge in [-0.15, -0.1) is 0 Å². The van der Waals surface area contributed by atoms with Crippen LogP contribution in [0.15, 0.2) is 51.9 Å². The third kappa shape index (κ3) is 3.62. The van der Waals surface area contributed by atoms with Crippen LogP contribution in [0.3, 0.4) is 0 Å². The van der Waals surface area contributed by atoms with E-state index < -0.39 is 6.29 Å². The summed E-state index contributed by atoms with van der Waals surface area (Å²) in [6.07, 6.45) is 1.56. The van der Waals surface area contributed by atoms with Gasteiger partial charge in [0.15, 0.2) is 6.29 Å². The number of aromatic nitrogens is 3. The Balaban J connectivity index is 1.82. The van der Waals surface area contributed by atoms with Crippen molar-refractivity contribution in [1.82, 2.24) is 13.7 Å². The lowest BCUT2D eigenvalue weighted by Crippen LogP contribution is -2.26. The van der Waals surface area contributed by atoms with Gasteiger partial charge in [-0.3, -0.25) is 9.13 Å². The molecule has 30 heavy (non-hydrogen) atoms. The van der Waals surface area contributed by atoms with Gasteiger partial charge in [-0.25, -0.2) is 4.79 Å². The smallest absolute Gasteiger partial charge is 0.329 e. The van der Waals surface area contributed by atoms with Crippen LogP contribution in [0.25, 0.3) is 21.9 Å². The summed E-state index contributed by atoms with van der Waals surface area (Å²) in [7, 11) is 2.03. The fourth-order valence-electron chi connectivity index (χ4n) is 4.23. The number of imidazole rings is 1. The standard InChI is InChI=1S/C23H26BrN3O3/c1-4-30-20(28)11-12-26-22-17(24)8-6-10-19(22)27(23(26)29)14-16-13-25(3)18-9-5-7-15(2)21(16)18/h5-10,13,20,28H,4,11-12,14H2,1-3H3. The first-order valence-corrected chi connectivity index (χ1v) is 10.9. The van der Waals surface area contributed by atoms with Gasteiger partial charge in [-0.1, -0.05) is 18.2 Å². The largest absolute Gasteiger partial charge is 0.368 e. The van der Waals surface area contributed by atoms with Crippen LogP contribution < -0.4 is 5.69 Å². The summed E-state index contributed by atoms with van der Waals surface area (Å²) in [5, 5.41) is 11.2. The van der Waals surface area contributed by atoms with E-state index in [1.165, 1.54) is 10.9 Å². The monoisotopic (exact) mass is 471 g/mol. The highest BCUT2D eigenvalue weighted by atomic mass is 79.9. The van der Waals surface area contributed by atoms with Gasteiger partial charge in [-0.05, 0) is 59.1 Å². The molecule has 1 unspecified atom stereocenters. The molecule has 0 aliphatic rings. The Hall–Kier alpha value is -2.35. The van der Waals surface area contributed by atoms with Crippen molar-refractivity contribution in [3.63, 3.8) is 0 Å². The van der Waals surface area contributed by atoms with Crippen LogP contribution in [0.5, 0.6) is 0 Å². The van der Waals surface area contributed by atoms with Gasteiger partial charge >= 0.3 is 5.69 Å². The number of hydrogen-bond donors (Lipinski definition) is 1. The number of ether oxygens (including phenoxy) is 1. The lowest BCUT2D eigenvalue weighted by Gasteiger charge is -2.11. The molecular formula is C23H26BrN3O3. The number of aliphatic hydroxyl groups is 1. The summed E-state index contributed by atoms with van der Waals surface area (Å²) in [4.78, 5) is 13.4. The Morgan fingerprint density at radius 2 is 1.87 bits per heavy atom. The van der Waals surface area contributed by atoms with E-state index in [9.17, 15) is 9.90 Å². The molecule has 1 atom stereocenters. The minimum absolute atomic E-state index is 0.0915. The van der Waals surface area contributed by atoms with Crippen LogP contribution in [0.1, 0.15) is 24.5 Å². The molecule has 4 aromatic rings. The molecule has 1 N–H and O–H groups in total. The number of rotatable bonds is 7. The topological polar surface area (TPSA) is 61.3 Å². The summed E-state index contributed by atoms with van der Waals surface area (Å²) >= 11 is 3.60.